The SMILES string of the molecule is Cc1nc(CC(=O)N2CCC[C@H]2c2ncc(-c3ccc(-c4ccc(-c5cnc([C@@H]6CCCN6C(=O)[C@H](NC(=O)O)c6ccccc6)[nH]5)cc4)cc3)[nH]2)c[nH]1. The second-order valence-corrected chi connectivity index (χ2v) is 13.9. The van der Waals surface area contributed by atoms with Crippen LogP contribution in [0.15, 0.2) is 97.5 Å². The fourth-order valence-corrected chi connectivity index (χ4v) is 7.69. The van der Waals surface area contributed by atoms with Crippen molar-refractivity contribution in [1.82, 2.24) is 45.0 Å². The summed E-state index contributed by atoms with van der Waals surface area (Å²) in [5.74, 6) is 2.04. The predicted molar refractivity (Wildman–Crippen MR) is 202 cm³/mol. The number of nitrogens with zero attached hydrogens (tertiary/aromatic N) is 5. The van der Waals surface area contributed by atoms with Crippen molar-refractivity contribution in [2.45, 2.75) is 57.2 Å². The van der Waals surface area contributed by atoms with E-state index in [4.69, 9.17) is 0 Å². The molecule has 2 aliphatic rings. The van der Waals surface area contributed by atoms with Crippen LogP contribution in [0.25, 0.3) is 33.6 Å². The van der Waals surface area contributed by atoms with Gasteiger partial charge in [-0.3, -0.25) is 9.59 Å². The summed E-state index contributed by atoms with van der Waals surface area (Å²) in [4.78, 5) is 65.8. The van der Waals surface area contributed by atoms with E-state index in [1.807, 2.05) is 36.2 Å². The monoisotopic (exact) mass is 723 g/mol. The summed E-state index contributed by atoms with van der Waals surface area (Å²) in [6, 6.07) is 24.1. The number of carbonyl (C=O) groups is 3. The number of carbonyl (C=O) groups excluding carboxylic acids is 2. The molecule has 3 aromatic carbocycles. The van der Waals surface area contributed by atoms with Crippen molar-refractivity contribution in [2.75, 3.05) is 13.1 Å². The number of hydrogen-bond donors (Lipinski definition) is 5. The van der Waals surface area contributed by atoms with E-state index in [1.165, 1.54) is 0 Å². The molecule has 0 radical (unpaired) electrons. The van der Waals surface area contributed by atoms with Gasteiger partial charge in [0.05, 0.1) is 48.0 Å². The van der Waals surface area contributed by atoms with Crippen LogP contribution in [-0.4, -0.2) is 75.8 Å². The van der Waals surface area contributed by atoms with E-state index in [0.29, 0.717) is 24.5 Å². The van der Waals surface area contributed by atoms with Crippen LogP contribution in [0.4, 0.5) is 4.79 Å². The zero-order valence-corrected chi connectivity index (χ0v) is 29.8. The molecule has 13 heteroatoms. The minimum atomic E-state index is -1.25. The van der Waals surface area contributed by atoms with Gasteiger partial charge in [-0.15, -0.1) is 0 Å². The molecule has 2 saturated heterocycles. The Bertz CT molecular complexity index is 2260. The van der Waals surface area contributed by atoms with Crippen LogP contribution in [0.2, 0.25) is 0 Å². The van der Waals surface area contributed by atoms with Crippen molar-refractivity contribution in [1.29, 1.82) is 0 Å². The molecule has 8 rings (SSSR count). The third kappa shape index (κ3) is 7.12. The zero-order chi connectivity index (χ0) is 37.2. The van der Waals surface area contributed by atoms with E-state index in [-0.39, 0.29) is 30.3 Å². The average Bonchev–Trinajstić information content (AvgIpc) is 4.04. The van der Waals surface area contributed by atoms with Gasteiger partial charge < -0.3 is 35.2 Å². The summed E-state index contributed by atoms with van der Waals surface area (Å²) in [6.45, 7) is 3.11. The number of aryl methyl sites for hydroxylation is 1. The maximum absolute atomic E-state index is 13.7. The van der Waals surface area contributed by atoms with Gasteiger partial charge in [-0.1, -0.05) is 78.9 Å². The van der Waals surface area contributed by atoms with E-state index in [9.17, 15) is 19.5 Å². The first-order valence-electron chi connectivity index (χ1n) is 18.3. The Morgan fingerprint density at radius 2 is 1.31 bits per heavy atom. The molecule has 0 saturated carbocycles. The number of nitrogens with one attached hydrogen (secondary N) is 4. The van der Waals surface area contributed by atoms with Crippen LogP contribution >= 0.6 is 0 Å². The summed E-state index contributed by atoms with van der Waals surface area (Å²) in [5, 5.41) is 11.9. The molecule has 0 spiro atoms. The molecule has 5 heterocycles. The van der Waals surface area contributed by atoms with E-state index in [0.717, 1.165) is 76.7 Å². The van der Waals surface area contributed by atoms with Crippen molar-refractivity contribution in [3.8, 4) is 33.6 Å². The number of amides is 3. The Balaban J connectivity index is 0.921. The van der Waals surface area contributed by atoms with Crippen LogP contribution in [0.5, 0.6) is 0 Å². The molecule has 274 valence electrons. The maximum Gasteiger partial charge on any atom is 0.405 e. The molecule has 3 aromatic heterocycles. The van der Waals surface area contributed by atoms with Gasteiger partial charge in [-0.2, -0.15) is 0 Å². The summed E-state index contributed by atoms with van der Waals surface area (Å²) >= 11 is 0. The topological polar surface area (TPSA) is 176 Å². The molecule has 6 aromatic rings. The fourth-order valence-electron chi connectivity index (χ4n) is 7.69. The third-order valence-electron chi connectivity index (χ3n) is 10.4. The molecule has 2 fully saturated rings. The summed E-state index contributed by atoms with van der Waals surface area (Å²) in [7, 11) is 0. The predicted octanol–water partition coefficient (Wildman–Crippen LogP) is 6.74. The van der Waals surface area contributed by atoms with Crippen molar-refractivity contribution >= 4 is 17.9 Å². The van der Waals surface area contributed by atoms with Crippen LogP contribution in [-0.2, 0) is 16.0 Å². The number of rotatable bonds is 10. The van der Waals surface area contributed by atoms with Gasteiger partial charge >= 0.3 is 6.09 Å². The second-order valence-electron chi connectivity index (χ2n) is 13.9. The Hall–Kier alpha value is -6.50. The number of aromatic nitrogens is 6. The van der Waals surface area contributed by atoms with Crippen molar-refractivity contribution in [2.24, 2.45) is 0 Å². The number of imidazole rings is 3. The third-order valence-corrected chi connectivity index (χ3v) is 10.4. The normalized spacial score (nSPS) is 17.5. The van der Waals surface area contributed by atoms with E-state index < -0.39 is 12.1 Å². The van der Waals surface area contributed by atoms with E-state index >= 15 is 0 Å². The average molecular weight is 724 g/mol. The fraction of sp³-hybridized carbons (Fsp3) is 0.268. The highest BCUT2D eigenvalue weighted by Gasteiger charge is 2.37. The standard InChI is InChI=1S/C41H41N9O4/c1-25-42-22-31(45-25)21-36(51)49-19-5-9-34(49)38-43-23-32(46-38)28-15-11-26(12-16-28)27-13-17-29(18-14-27)33-24-44-39(47-33)35-10-6-20-50(35)40(52)37(48-41(53)54)30-7-3-2-4-8-30/h2-4,7-8,11-18,22-24,34-35,37,48H,5-6,9-10,19-21H2,1H3,(H,42,45)(H,43,46)(H,44,47)(H,53,54)/t34-,35-,37+/m0/s1. The lowest BCUT2D eigenvalue weighted by Gasteiger charge is -2.28. The minimum Gasteiger partial charge on any atom is -0.465 e. The zero-order valence-electron chi connectivity index (χ0n) is 29.8. The summed E-state index contributed by atoms with van der Waals surface area (Å²) in [5.41, 5.74) is 7.19. The van der Waals surface area contributed by atoms with Gasteiger partial charge in [0, 0.05) is 19.3 Å². The van der Waals surface area contributed by atoms with Gasteiger partial charge in [0.25, 0.3) is 5.91 Å². The first-order valence-corrected chi connectivity index (χ1v) is 18.3. The molecule has 54 heavy (non-hydrogen) atoms. The Morgan fingerprint density at radius 3 is 1.85 bits per heavy atom. The number of hydrogen-bond acceptors (Lipinski definition) is 6. The van der Waals surface area contributed by atoms with Crippen LogP contribution in [0.3, 0.4) is 0 Å². The highest BCUT2D eigenvalue weighted by Crippen LogP contribution is 2.35. The Kier molecular flexibility index (Phi) is 9.51. The number of aromatic amines is 3. The van der Waals surface area contributed by atoms with E-state index in [1.54, 1.807) is 41.6 Å². The Labute approximate surface area is 311 Å². The van der Waals surface area contributed by atoms with Crippen molar-refractivity contribution in [3.63, 3.8) is 0 Å². The smallest absolute Gasteiger partial charge is 0.405 e. The number of carboxylic acid groups (broad SMARTS) is 1. The first kappa shape index (κ1) is 34.6. The van der Waals surface area contributed by atoms with Crippen LogP contribution in [0.1, 0.15) is 72.5 Å². The van der Waals surface area contributed by atoms with E-state index in [2.05, 4.69) is 71.6 Å². The number of H-pyrrole nitrogens is 3. The quantitative estimate of drug-likeness (QED) is 0.104. The Morgan fingerprint density at radius 1 is 0.778 bits per heavy atom. The lowest BCUT2D eigenvalue weighted by Crippen LogP contribution is -2.42. The van der Waals surface area contributed by atoms with Gasteiger partial charge in [0.15, 0.2) is 0 Å². The largest absolute Gasteiger partial charge is 0.465 e. The molecule has 3 atom stereocenters. The van der Waals surface area contributed by atoms with Gasteiger partial charge in [-0.05, 0) is 60.4 Å². The van der Waals surface area contributed by atoms with Gasteiger partial charge in [0.1, 0.15) is 23.5 Å². The minimum absolute atomic E-state index is 0.0576. The molecule has 0 aliphatic carbocycles. The first-order chi connectivity index (χ1) is 26.3. The number of likely N-dealkylation sites (tertiary alicyclic amines) is 2. The second kappa shape index (κ2) is 14.9. The van der Waals surface area contributed by atoms with Crippen LogP contribution < -0.4 is 5.32 Å². The summed E-state index contributed by atoms with van der Waals surface area (Å²) < 4.78 is 0. The highest BCUT2D eigenvalue weighted by molar-refractivity contribution is 5.87. The van der Waals surface area contributed by atoms with Crippen molar-refractivity contribution < 1.29 is 19.5 Å². The van der Waals surface area contributed by atoms with Gasteiger partial charge in [-0.25, -0.2) is 19.7 Å². The highest BCUT2D eigenvalue weighted by atomic mass is 16.4. The maximum atomic E-state index is 13.7. The summed E-state index contributed by atoms with van der Waals surface area (Å²) in [6.07, 6.45) is 7.76. The van der Waals surface area contributed by atoms with Crippen LogP contribution in [0, 0.1) is 6.92 Å². The molecule has 2 aliphatic heterocycles. The van der Waals surface area contributed by atoms with Gasteiger partial charge in [0.2, 0.25) is 5.91 Å². The molecule has 5 N–H and O–H groups in total. The molecule has 0 unspecified atom stereocenters. The lowest BCUT2D eigenvalue weighted by atomic mass is 10.0. The molecule has 0 bridgehead atoms. The lowest BCUT2D eigenvalue weighted by molar-refractivity contribution is -0.134. The molecular formula is C41H41N9O4. The van der Waals surface area contributed by atoms with Crippen molar-refractivity contribution in [3.05, 3.63) is 126 Å². The molecule has 13 nitrogen and oxygen atoms in total. The molecule has 3 amide bonds. The molecular weight excluding hydrogens is 683 g/mol. The number of benzene rings is 3.